The first-order chi connectivity index (χ1) is 17.4. The van der Waals surface area contributed by atoms with Gasteiger partial charge in [-0.2, -0.15) is 26.3 Å². The molecule has 2 aliphatic rings. The molecule has 202 valence electrons. The molecule has 2 atom stereocenters. The van der Waals surface area contributed by atoms with Gasteiger partial charge in [-0.1, -0.05) is 6.42 Å². The number of carbonyl (C=O) groups excluding carboxylic acids is 1. The number of alkyl halides is 6. The van der Waals surface area contributed by atoms with Crippen molar-refractivity contribution in [3.8, 4) is 0 Å². The van der Waals surface area contributed by atoms with Gasteiger partial charge in [0.15, 0.2) is 0 Å². The fraction of sp³-hybridized carbons (Fsp3) is 0.565. The van der Waals surface area contributed by atoms with Crippen LogP contribution in [-0.2, 0) is 21.9 Å². The maximum atomic E-state index is 13.1. The molecule has 37 heavy (non-hydrogen) atoms. The smallest absolute Gasteiger partial charge is 0.371 e. The van der Waals surface area contributed by atoms with Crippen LogP contribution in [-0.4, -0.2) is 65.2 Å². The lowest BCUT2D eigenvalue weighted by Crippen LogP contribution is -2.50. The number of piperazine rings is 1. The Morgan fingerprint density at radius 2 is 1.70 bits per heavy atom. The predicted molar refractivity (Wildman–Crippen MR) is 119 cm³/mol. The number of hydrogen-bond donors (Lipinski definition) is 1. The minimum absolute atomic E-state index is 0.0894. The molecule has 2 aromatic heterocycles. The number of rotatable bonds is 6. The van der Waals surface area contributed by atoms with E-state index in [1.54, 1.807) is 9.80 Å². The molecule has 0 spiro atoms. The molecule has 2 aromatic rings. The summed E-state index contributed by atoms with van der Waals surface area (Å²) in [4.78, 5) is 37.1. The molecule has 1 amide bonds. The molecule has 1 aliphatic heterocycles. The number of ether oxygens (including phenoxy) is 1. The van der Waals surface area contributed by atoms with Gasteiger partial charge in [0.2, 0.25) is 11.9 Å². The molecule has 1 aliphatic carbocycles. The van der Waals surface area contributed by atoms with E-state index < -0.39 is 29.0 Å². The number of aromatic amines is 1. The van der Waals surface area contributed by atoms with Crippen molar-refractivity contribution in [2.24, 2.45) is 5.92 Å². The Balaban J connectivity index is 1.26. The number of anilines is 1. The Morgan fingerprint density at radius 1 is 1.03 bits per heavy atom. The Kier molecular flexibility index (Phi) is 7.76. The summed E-state index contributed by atoms with van der Waals surface area (Å²) in [6, 6.07) is 0.896. The van der Waals surface area contributed by atoms with Crippen LogP contribution in [0.2, 0.25) is 0 Å². The molecule has 0 radical (unpaired) electrons. The number of nitrogens with zero attached hydrogens (tertiary/aromatic N) is 4. The predicted octanol–water partition coefficient (Wildman–Crippen LogP) is 3.45. The molecule has 0 aromatic carbocycles. The van der Waals surface area contributed by atoms with Crippen molar-refractivity contribution in [3.05, 3.63) is 51.7 Å². The summed E-state index contributed by atoms with van der Waals surface area (Å²) in [7, 11) is 0. The monoisotopic (exact) mass is 533 g/mol. The number of H-pyrrole nitrogens is 1. The van der Waals surface area contributed by atoms with Gasteiger partial charge in [0, 0.05) is 44.8 Å². The fourth-order valence-corrected chi connectivity index (χ4v) is 4.78. The number of aromatic nitrogens is 3. The average molecular weight is 533 g/mol. The minimum atomic E-state index is -4.75. The van der Waals surface area contributed by atoms with Crippen molar-refractivity contribution in [2.75, 3.05) is 44.3 Å². The lowest BCUT2D eigenvalue weighted by Gasteiger charge is -2.34. The van der Waals surface area contributed by atoms with Gasteiger partial charge < -0.3 is 19.5 Å². The Hall–Kier alpha value is -3.16. The van der Waals surface area contributed by atoms with Gasteiger partial charge in [0.1, 0.15) is 12.2 Å². The van der Waals surface area contributed by atoms with E-state index in [1.165, 1.54) is 6.20 Å². The van der Waals surface area contributed by atoms with Crippen molar-refractivity contribution in [3.63, 3.8) is 0 Å². The molecule has 1 N–H and O–H groups in total. The fourth-order valence-electron chi connectivity index (χ4n) is 4.78. The summed E-state index contributed by atoms with van der Waals surface area (Å²) in [5.41, 5.74) is -2.95. The maximum absolute atomic E-state index is 13.1. The van der Waals surface area contributed by atoms with Crippen LogP contribution in [0.15, 0.2) is 29.5 Å². The third-order valence-corrected chi connectivity index (χ3v) is 6.76. The van der Waals surface area contributed by atoms with Crippen LogP contribution in [0.5, 0.6) is 0 Å². The number of nitrogens with one attached hydrogen (secondary N) is 1. The number of hydrogen-bond acceptors (Lipinski definition) is 6. The van der Waals surface area contributed by atoms with Crippen LogP contribution in [0.25, 0.3) is 0 Å². The summed E-state index contributed by atoms with van der Waals surface area (Å²) in [6.07, 6.45) is -4.34. The second kappa shape index (κ2) is 10.7. The van der Waals surface area contributed by atoms with Crippen LogP contribution < -0.4 is 10.5 Å². The van der Waals surface area contributed by atoms with Crippen LogP contribution in [0.4, 0.5) is 32.3 Å². The first-order valence-corrected chi connectivity index (χ1v) is 11.7. The van der Waals surface area contributed by atoms with E-state index in [0.717, 1.165) is 31.3 Å². The van der Waals surface area contributed by atoms with E-state index in [0.29, 0.717) is 38.2 Å². The third kappa shape index (κ3) is 6.40. The van der Waals surface area contributed by atoms with Gasteiger partial charge in [0.25, 0.3) is 5.56 Å². The van der Waals surface area contributed by atoms with Crippen molar-refractivity contribution in [1.82, 2.24) is 19.9 Å². The second-order valence-corrected chi connectivity index (χ2v) is 9.12. The highest BCUT2D eigenvalue weighted by molar-refractivity contribution is 5.77. The number of amides is 1. The topological polar surface area (TPSA) is 91.4 Å². The van der Waals surface area contributed by atoms with Gasteiger partial charge >= 0.3 is 12.4 Å². The molecular weight excluding hydrogens is 508 g/mol. The van der Waals surface area contributed by atoms with E-state index in [-0.39, 0.29) is 36.9 Å². The molecular formula is C23H25F6N5O3. The highest BCUT2D eigenvalue weighted by Gasteiger charge is 2.37. The van der Waals surface area contributed by atoms with Crippen LogP contribution in [0, 0.1) is 5.92 Å². The summed E-state index contributed by atoms with van der Waals surface area (Å²) >= 11 is 0. The Labute approximate surface area is 207 Å². The third-order valence-electron chi connectivity index (χ3n) is 6.76. The highest BCUT2D eigenvalue weighted by atomic mass is 19.4. The zero-order valence-corrected chi connectivity index (χ0v) is 19.6. The standard InChI is InChI=1S/C23H25F6N5O3/c24-22(25,26)16-10-31-21(32-11-16)34-6-4-33(5-7-34)19(35)13-37-12-14-2-1-3-17(14)15-8-18(23(27,28)29)20(36)30-9-15/h8-11,14,17H,1-7,12-13H2,(H,30,36). The van der Waals surface area contributed by atoms with Crippen LogP contribution >= 0.6 is 0 Å². The lowest BCUT2D eigenvalue weighted by molar-refractivity contribution is -0.139. The molecule has 0 bridgehead atoms. The molecule has 2 fully saturated rings. The first-order valence-electron chi connectivity index (χ1n) is 11.7. The molecule has 3 heterocycles. The van der Waals surface area contributed by atoms with Gasteiger partial charge in [-0.15, -0.1) is 0 Å². The molecule has 1 saturated carbocycles. The van der Waals surface area contributed by atoms with E-state index in [9.17, 15) is 35.9 Å². The van der Waals surface area contributed by atoms with Gasteiger partial charge in [0.05, 0.1) is 12.2 Å². The minimum Gasteiger partial charge on any atom is -0.371 e. The molecule has 1 saturated heterocycles. The van der Waals surface area contributed by atoms with E-state index >= 15 is 0 Å². The Bertz CT molecular complexity index is 1140. The molecule has 2 unspecified atom stereocenters. The molecule has 8 nitrogen and oxygen atoms in total. The first kappa shape index (κ1) is 26.9. The second-order valence-electron chi connectivity index (χ2n) is 9.12. The number of carbonyl (C=O) groups is 1. The van der Waals surface area contributed by atoms with Gasteiger partial charge in [-0.3, -0.25) is 9.59 Å². The SMILES string of the molecule is O=C(COCC1CCCC1c1c[nH]c(=O)c(C(F)(F)F)c1)N1CCN(c2ncc(C(F)(F)F)cn2)CC1. The molecule has 14 heteroatoms. The van der Waals surface area contributed by atoms with E-state index in [1.807, 2.05) is 0 Å². The van der Waals surface area contributed by atoms with E-state index in [4.69, 9.17) is 4.74 Å². The summed E-state index contributed by atoms with van der Waals surface area (Å²) in [5, 5.41) is 0. The summed E-state index contributed by atoms with van der Waals surface area (Å²) in [6.45, 7) is 1.31. The quantitative estimate of drug-likeness (QED) is 0.573. The number of pyridine rings is 1. The number of halogens is 6. The summed E-state index contributed by atoms with van der Waals surface area (Å²) in [5.74, 6) is -0.417. The Morgan fingerprint density at radius 3 is 2.32 bits per heavy atom. The summed E-state index contributed by atoms with van der Waals surface area (Å²) < 4.78 is 83.0. The van der Waals surface area contributed by atoms with Gasteiger partial charge in [-0.05, 0) is 36.3 Å². The zero-order valence-electron chi connectivity index (χ0n) is 19.6. The van der Waals surface area contributed by atoms with Crippen LogP contribution in [0.1, 0.15) is 41.9 Å². The van der Waals surface area contributed by atoms with Crippen molar-refractivity contribution >= 4 is 11.9 Å². The van der Waals surface area contributed by atoms with Crippen molar-refractivity contribution < 1.29 is 35.9 Å². The zero-order chi connectivity index (χ0) is 26.8. The van der Waals surface area contributed by atoms with Crippen LogP contribution in [0.3, 0.4) is 0 Å². The highest BCUT2D eigenvalue weighted by Crippen LogP contribution is 2.40. The maximum Gasteiger partial charge on any atom is 0.421 e. The van der Waals surface area contributed by atoms with E-state index in [2.05, 4.69) is 15.0 Å². The average Bonchev–Trinajstić information content (AvgIpc) is 3.32. The van der Waals surface area contributed by atoms with Gasteiger partial charge in [-0.25, -0.2) is 9.97 Å². The largest absolute Gasteiger partial charge is 0.421 e. The van der Waals surface area contributed by atoms with Crippen molar-refractivity contribution in [2.45, 2.75) is 37.5 Å². The lowest BCUT2D eigenvalue weighted by atomic mass is 9.90. The normalized spacial score (nSPS) is 20.9. The van der Waals surface area contributed by atoms with Crippen molar-refractivity contribution in [1.29, 1.82) is 0 Å². The molecule has 4 rings (SSSR count).